The maximum Gasteiger partial charge on any atom is 0.153 e. The van der Waals surface area contributed by atoms with Crippen LogP contribution in [0.25, 0.3) is 0 Å². The van der Waals surface area contributed by atoms with Gasteiger partial charge in [0, 0.05) is 19.1 Å². The van der Waals surface area contributed by atoms with E-state index in [0.717, 1.165) is 5.69 Å². The molecule has 7 heteroatoms. The molecule has 3 N–H and O–H groups in total. The van der Waals surface area contributed by atoms with E-state index in [-0.39, 0.29) is 17.5 Å². The first kappa shape index (κ1) is 13.3. The van der Waals surface area contributed by atoms with Crippen LogP contribution in [0.15, 0.2) is 18.2 Å². The number of anilines is 1. The zero-order valence-corrected chi connectivity index (χ0v) is 11.2. The minimum Gasteiger partial charge on any atom is -0.308 e. The second-order valence-electron chi connectivity index (χ2n) is 4.59. The van der Waals surface area contributed by atoms with E-state index in [9.17, 15) is 8.42 Å². The number of sulfone groups is 1. The molecule has 0 saturated carbocycles. The molecule has 0 spiro atoms. The number of pyridine rings is 1. The molecule has 0 radical (unpaired) electrons. The van der Waals surface area contributed by atoms with Gasteiger partial charge in [0.1, 0.15) is 5.82 Å². The van der Waals surface area contributed by atoms with E-state index < -0.39 is 9.84 Å². The van der Waals surface area contributed by atoms with Crippen molar-refractivity contribution in [2.45, 2.75) is 19.5 Å². The monoisotopic (exact) mass is 270 g/mol. The zero-order valence-electron chi connectivity index (χ0n) is 10.3. The van der Waals surface area contributed by atoms with Crippen molar-refractivity contribution in [3.05, 3.63) is 23.9 Å². The van der Waals surface area contributed by atoms with Crippen LogP contribution in [0, 0.1) is 0 Å². The van der Waals surface area contributed by atoms with E-state index in [1.54, 1.807) is 6.07 Å². The van der Waals surface area contributed by atoms with Crippen molar-refractivity contribution in [1.29, 1.82) is 0 Å². The molecule has 0 aliphatic carbocycles. The fraction of sp³-hybridized carbons (Fsp3) is 0.545. The Kier molecular flexibility index (Phi) is 3.84. The number of nitrogens with one attached hydrogen (secondary N) is 1. The molecule has 1 aliphatic heterocycles. The van der Waals surface area contributed by atoms with Crippen LogP contribution in [0.3, 0.4) is 0 Å². The number of hydrogen-bond donors (Lipinski definition) is 2. The molecule has 2 rings (SSSR count). The smallest absolute Gasteiger partial charge is 0.153 e. The summed E-state index contributed by atoms with van der Waals surface area (Å²) in [5.41, 5.74) is 3.39. The van der Waals surface area contributed by atoms with Crippen LogP contribution in [0.4, 0.5) is 5.82 Å². The van der Waals surface area contributed by atoms with E-state index in [2.05, 4.69) is 15.3 Å². The summed E-state index contributed by atoms with van der Waals surface area (Å²) in [6, 6.07) is 5.60. The quantitative estimate of drug-likeness (QED) is 0.593. The van der Waals surface area contributed by atoms with E-state index in [1.807, 2.05) is 19.1 Å². The maximum atomic E-state index is 11.5. The van der Waals surface area contributed by atoms with Crippen LogP contribution in [-0.4, -0.2) is 42.4 Å². The molecule has 0 bridgehead atoms. The maximum absolute atomic E-state index is 11.5. The Hall–Kier alpha value is -1.18. The van der Waals surface area contributed by atoms with Crippen LogP contribution in [0.2, 0.25) is 0 Å². The van der Waals surface area contributed by atoms with Crippen LogP contribution in [-0.2, 0) is 16.4 Å². The number of nitrogen functional groups attached to an aromatic ring is 1. The molecular formula is C11H18N4O2S. The van der Waals surface area contributed by atoms with Gasteiger partial charge in [0.25, 0.3) is 0 Å². The molecule has 18 heavy (non-hydrogen) atoms. The van der Waals surface area contributed by atoms with Gasteiger partial charge in [-0.1, -0.05) is 6.07 Å². The molecule has 0 aromatic carbocycles. The fourth-order valence-electron chi connectivity index (χ4n) is 2.12. The molecule has 1 fully saturated rings. The first-order chi connectivity index (χ1) is 8.50. The summed E-state index contributed by atoms with van der Waals surface area (Å²) in [5.74, 6) is 6.38. The Morgan fingerprint density at radius 1 is 1.56 bits per heavy atom. The van der Waals surface area contributed by atoms with Gasteiger partial charge in [0.2, 0.25) is 0 Å². The lowest BCUT2D eigenvalue weighted by atomic mass is 10.2. The fourth-order valence-corrected chi connectivity index (χ4v) is 3.75. The summed E-state index contributed by atoms with van der Waals surface area (Å²) in [4.78, 5) is 6.46. The molecule has 2 heterocycles. The van der Waals surface area contributed by atoms with Crippen LogP contribution < -0.4 is 11.3 Å². The largest absolute Gasteiger partial charge is 0.308 e. The number of hydrogen-bond acceptors (Lipinski definition) is 6. The average Bonchev–Trinajstić information content (AvgIpc) is 2.32. The van der Waals surface area contributed by atoms with Crippen molar-refractivity contribution >= 4 is 15.7 Å². The molecule has 1 aromatic rings. The number of nitrogens with zero attached hydrogens (tertiary/aromatic N) is 2. The Balaban J connectivity index is 2.05. The molecule has 100 valence electrons. The summed E-state index contributed by atoms with van der Waals surface area (Å²) in [6.07, 6.45) is 0. The molecule has 1 aliphatic rings. The molecule has 6 nitrogen and oxygen atoms in total. The van der Waals surface area contributed by atoms with E-state index >= 15 is 0 Å². The Labute approximate surface area is 107 Å². The third kappa shape index (κ3) is 3.18. The highest BCUT2D eigenvalue weighted by atomic mass is 32.2. The molecule has 1 unspecified atom stereocenters. The van der Waals surface area contributed by atoms with Gasteiger partial charge >= 0.3 is 0 Å². The number of rotatable bonds is 3. The minimum atomic E-state index is -2.86. The highest BCUT2D eigenvalue weighted by Crippen LogP contribution is 2.15. The third-order valence-electron chi connectivity index (χ3n) is 3.13. The van der Waals surface area contributed by atoms with E-state index in [1.165, 1.54) is 0 Å². The lowest BCUT2D eigenvalue weighted by Gasteiger charge is -2.32. The Morgan fingerprint density at radius 2 is 2.33 bits per heavy atom. The van der Waals surface area contributed by atoms with Crippen LogP contribution >= 0.6 is 0 Å². The summed E-state index contributed by atoms with van der Waals surface area (Å²) in [5, 5.41) is 0. The highest BCUT2D eigenvalue weighted by molar-refractivity contribution is 7.91. The molecular weight excluding hydrogens is 252 g/mol. The number of nitrogens with two attached hydrogens (primary N) is 1. The predicted molar refractivity (Wildman–Crippen MR) is 70.6 cm³/mol. The van der Waals surface area contributed by atoms with Gasteiger partial charge in [0.05, 0.1) is 17.2 Å². The minimum absolute atomic E-state index is 0.0278. The molecule has 0 amide bonds. The zero-order chi connectivity index (χ0) is 13.2. The van der Waals surface area contributed by atoms with Crippen LogP contribution in [0.5, 0.6) is 0 Å². The van der Waals surface area contributed by atoms with E-state index in [4.69, 9.17) is 5.84 Å². The van der Waals surface area contributed by atoms with Gasteiger partial charge < -0.3 is 5.43 Å². The first-order valence-electron chi connectivity index (χ1n) is 5.87. The van der Waals surface area contributed by atoms with Crippen molar-refractivity contribution in [1.82, 2.24) is 9.88 Å². The third-order valence-corrected chi connectivity index (χ3v) is 4.92. The van der Waals surface area contributed by atoms with Crippen molar-refractivity contribution < 1.29 is 8.42 Å². The van der Waals surface area contributed by atoms with Gasteiger partial charge in [-0.25, -0.2) is 19.2 Å². The summed E-state index contributed by atoms with van der Waals surface area (Å²) < 4.78 is 23.0. The molecule has 1 saturated heterocycles. The van der Waals surface area contributed by atoms with Gasteiger partial charge in [-0.2, -0.15) is 0 Å². The standard InChI is InChI=1S/C11H18N4O2S/c1-9-8-18(16,17)6-5-15(9)7-10-3-2-4-11(13-10)14-12/h2-4,9H,5-8,12H2,1H3,(H,13,14). The Morgan fingerprint density at radius 3 is 3.00 bits per heavy atom. The van der Waals surface area contributed by atoms with Gasteiger partial charge in [-0.05, 0) is 19.1 Å². The second-order valence-corrected chi connectivity index (χ2v) is 6.82. The van der Waals surface area contributed by atoms with Gasteiger partial charge in [-0.3, -0.25) is 4.90 Å². The number of aromatic nitrogens is 1. The number of hydrazine groups is 1. The lowest BCUT2D eigenvalue weighted by Crippen LogP contribution is -2.46. The predicted octanol–water partition coefficient (Wildman–Crippen LogP) is -0.0139. The normalized spacial score (nSPS) is 23.8. The Bertz CT molecular complexity index is 518. The molecule has 1 aromatic heterocycles. The van der Waals surface area contributed by atoms with Crippen molar-refractivity contribution in [3.63, 3.8) is 0 Å². The van der Waals surface area contributed by atoms with Crippen molar-refractivity contribution in [2.24, 2.45) is 5.84 Å². The summed E-state index contributed by atoms with van der Waals surface area (Å²) in [7, 11) is -2.86. The van der Waals surface area contributed by atoms with E-state index in [0.29, 0.717) is 18.9 Å². The summed E-state index contributed by atoms with van der Waals surface area (Å²) in [6.45, 7) is 3.14. The lowest BCUT2D eigenvalue weighted by molar-refractivity contribution is 0.215. The SMILES string of the molecule is CC1CS(=O)(=O)CCN1Cc1cccc(NN)n1. The topological polar surface area (TPSA) is 88.3 Å². The molecule has 1 atom stereocenters. The van der Waals surface area contributed by atoms with Gasteiger partial charge in [-0.15, -0.1) is 0 Å². The first-order valence-corrected chi connectivity index (χ1v) is 7.69. The van der Waals surface area contributed by atoms with Crippen molar-refractivity contribution in [2.75, 3.05) is 23.5 Å². The van der Waals surface area contributed by atoms with Crippen molar-refractivity contribution in [3.8, 4) is 0 Å². The highest BCUT2D eigenvalue weighted by Gasteiger charge is 2.28. The summed E-state index contributed by atoms with van der Waals surface area (Å²) >= 11 is 0. The van der Waals surface area contributed by atoms with Crippen LogP contribution in [0.1, 0.15) is 12.6 Å². The second kappa shape index (κ2) is 5.21. The van der Waals surface area contributed by atoms with Gasteiger partial charge in [0.15, 0.2) is 9.84 Å². The average molecular weight is 270 g/mol.